The molecule has 2 aromatic rings. The lowest BCUT2D eigenvalue weighted by atomic mass is 10.3. The average molecular weight is 297 g/mol. The van der Waals surface area contributed by atoms with Crippen LogP contribution in [0.5, 0.6) is 0 Å². The fourth-order valence-electron chi connectivity index (χ4n) is 1.80. The molecule has 0 bridgehead atoms. The van der Waals surface area contributed by atoms with E-state index in [1.807, 2.05) is 6.92 Å². The van der Waals surface area contributed by atoms with Crippen LogP contribution in [-0.4, -0.2) is 15.8 Å². The van der Waals surface area contributed by atoms with E-state index in [1.165, 1.54) is 18.2 Å². The van der Waals surface area contributed by atoms with E-state index in [2.05, 4.69) is 15.7 Å². The lowest BCUT2D eigenvalue weighted by Crippen LogP contribution is -2.20. The van der Waals surface area contributed by atoms with Gasteiger partial charge in [-0.3, -0.25) is 4.68 Å². The molecular weight excluding hydrogens is 283 g/mol. The molecule has 0 aliphatic rings. The van der Waals surface area contributed by atoms with Gasteiger partial charge in [0.05, 0.1) is 22.1 Å². The molecule has 20 heavy (non-hydrogen) atoms. The van der Waals surface area contributed by atoms with Crippen molar-refractivity contribution in [2.45, 2.75) is 13.8 Å². The number of amides is 2. The molecule has 2 amide bonds. The third kappa shape index (κ3) is 2.91. The van der Waals surface area contributed by atoms with Gasteiger partial charge in [0.2, 0.25) is 0 Å². The van der Waals surface area contributed by atoms with Crippen LogP contribution in [0.25, 0.3) is 0 Å². The molecule has 0 atom stereocenters. The number of hydrogen-bond acceptors (Lipinski definition) is 2. The first-order valence-corrected chi connectivity index (χ1v) is 6.29. The molecule has 1 aromatic heterocycles. The first kappa shape index (κ1) is 14.3. The maximum atomic E-state index is 13.0. The Hall–Kier alpha value is -2.08. The Morgan fingerprint density at radius 3 is 2.60 bits per heavy atom. The van der Waals surface area contributed by atoms with E-state index in [0.29, 0.717) is 11.4 Å². The fourth-order valence-corrected chi connectivity index (χ4v) is 1.98. The monoisotopic (exact) mass is 296 g/mol. The van der Waals surface area contributed by atoms with E-state index in [4.69, 9.17) is 11.6 Å². The molecule has 2 rings (SSSR count). The summed E-state index contributed by atoms with van der Waals surface area (Å²) in [6.07, 6.45) is 0. The van der Waals surface area contributed by atoms with Crippen LogP contribution in [0.1, 0.15) is 11.4 Å². The Kier molecular flexibility index (Phi) is 3.94. The van der Waals surface area contributed by atoms with Gasteiger partial charge in [-0.15, -0.1) is 0 Å². The minimum atomic E-state index is -0.531. The molecule has 0 fully saturated rings. The summed E-state index contributed by atoms with van der Waals surface area (Å²) in [6.45, 7) is 3.65. The standard InChI is InChI=1S/C13H14ClFN4O/c1-7-12(8(2)19(3)18-7)17-13(20)16-9-4-5-11(15)10(14)6-9/h4-6H,1-3H3,(H2,16,17,20). The number of nitrogens with zero attached hydrogens (tertiary/aromatic N) is 2. The Morgan fingerprint density at radius 2 is 2.05 bits per heavy atom. The number of rotatable bonds is 2. The van der Waals surface area contributed by atoms with Crippen LogP contribution in [0.15, 0.2) is 18.2 Å². The van der Waals surface area contributed by atoms with E-state index in [-0.39, 0.29) is 5.02 Å². The van der Waals surface area contributed by atoms with Gasteiger partial charge >= 0.3 is 6.03 Å². The largest absolute Gasteiger partial charge is 0.323 e. The Balaban J connectivity index is 2.11. The molecule has 1 heterocycles. The Bertz CT molecular complexity index is 669. The number of aromatic nitrogens is 2. The third-order valence-corrected chi connectivity index (χ3v) is 3.21. The van der Waals surface area contributed by atoms with Gasteiger partial charge in [-0.1, -0.05) is 11.6 Å². The van der Waals surface area contributed by atoms with Crippen molar-refractivity contribution in [2.24, 2.45) is 7.05 Å². The number of anilines is 2. The molecule has 0 saturated carbocycles. The second kappa shape index (κ2) is 5.50. The number of nitrogens with one attached hydrogen (secondary N) is 2. The minimum Gasteiger partial charge on any atom is -0.308 e. The van der Waals surface area contributed by atoms with Gasteiger partial charge in [-0.25, -0.2) is 9.18 Å². The molecule has 2 N–H and O–H groups in total. The third-order valence-electron chi connectivity index (χ3n) is 2.93. The topological polar surface area (TPSA) is 59.0 Å². The SMILES string of the molecule is Cc1nn(C)c(C)c1NC(=O)Nc1ccc(F)c(Cl)c1. The van der Waals surface area contributed by atoms with Crippen molar-refractivity contribution < 1.29 is 9.18 Å². The number of benzene rings is 1. The molecule has 0 aliphatic heterocycles. The second-order valence-electron chi connectivity index (χ2n) is 4.38. The zero-order chi connectivity index (χ0) is 14.9. The summed E-state index contributed by atoms with van der Waals surface area (Å²) < 4.78 is 14.7. The zero-order valence-electron chi connectivity index (χ0n) is 11.3. The minimum absolute atomic E-state index is 0.0449. The number of carbonyl (C=O) groups excluding carboxylic acids is 1. The number of carbonyl (C=O) groups is 1. The van der Waals surface area contributed by atoms with Gasteiger partial charge in [0.15, 0.2) is 0 Å². The first-order valence-electron chi connectivity index (χ1n) is 5.91. The number of halogens is 2. The Morgan fingerprint density at radius 1 is 1.35 bits per heavy atom. The second-order valence-corrected chi connectivity index (χ2v) is 4.78. The van der Waals surface area contributed by atoms with E-state index >= 15 is 0 Å². The van der Waals surface area contributed by atoms with Crippen molar-refractivity contribution in [1.82, 2.24) is 9.78 Å². The van der Waals surface area contributed by atoms with Gasteiger partial charge in [0.1, 0.15) is 5.82 Å². The van der Waals surface area contributed by atoms with Crippen LogP contribution in [-0.2, 0) is 7.05 Å². The summed E-state index contributed by atoms with van der Waals surface area (Å²) in [5.74, 6) is -0.531. The van der Waals surface area contributed by atoms with Gasteiger partial charge < -0.3 is 10.6 Å². The molecule has 0 saturated heterocycles. The lowest BCUT2D eigenvalue weighted by Gasteiger charge is -2.08. The van der Waals surface area contributed by atoms with Crippen LogP contribution >= 0.6 is 11.6 Å². The predicted molar refractivity (Wildman–Crippen MR) is 76.7 cm³/mol. The van der Waals surface area contributed by atoms with Gasteiger partial charge in [0.25, 0.3) is 0 Å². The lowest BCUT2D eigenvalue weighted by molar-refractivity contribution is 0.262. The smallest absolute Gasteiger partial charge is 0.308 e. The molecular formula is C13H14ClFN4O. The van der Waals surface area contributed by atoms with Crippen molar-refractivity contribution >= 4 is 29.0 Å². The molecule has 0 spiro atoms. The number of urea groups is 1. The predicted octanol–water partition coefficient (Wildman–Crippen LogP) is 3.47. The van der Waals surface area contributed by atoms with Crippen molar-refractivity contribution in [2.75, 3.05) is 10.6 Å². The van der Waals surface area contributed by atoms with E-state index in [0.717, 1.165) is 11.4 Å². The highest BCUT2D eigenvalue weighted by atomic mass is 35.5. The maximum Gasteiger partial charge on any atom is 0.323 e. The highest BCUT2D eigenvalue weighted by molar-refractivity contribution is 6.31. The summed E-state index contributed by atoms with van der Waals surface area (Å²) in [4.78, 5) is 11.9. The first-order chi connectivity index (χ1) is 9.38. The maximum absolute atomic E-state index is 13.0. The molecule has 0 radical (unpaired) electrons. The summed E-state index contributed by atoms with van der Waals surface area (Å²) in [5, 5.41) is 9.45. The van der Waals surface area contributed by atoms with Gasteiger partial charge in [0, 0.05) is 12.7 Å². The van der Waals surface area contributed by atoms with Crippen molar-refractivity contribution in [3.05, 3.63) is 40.4 Å². The van der Waals surface area contributed by atoms with Crippen LogP contribution in [0.4, 0.5) is 20.6 Å². The van der Waals surface area contributed by atoms with Crippen LogP contribution in [0, 0.1) is 19.7 Å². The van der Waals surface area contributed by atoms with E-state index in [9.17, 15) is 9.18 Å². The summed E-state index contributed by atoms with van der Waals surface area (Å²) >= 11 is 5.65. The fraction of sp³-hybridized carbons (Fsp3) is 0.231. The number of aryl methyl sites for hydroxylation is 2. The normalized spacial score (nSPS) is 10.4. The van der Waals surface area contributed by atoms with Crippen LogP contribution < -0.4 is 10.6 Å². The van der Waals surface area contributed by atoms with E-state index in [1.54, 1.807) is 18.7 Å². The molecule has 1 aromatic carbocycles. The summed E-state index contributed by atoms with van der Waals surface area (Å²) in [6, 6.07) is 3.54. The number of hydrogen-bond donors (Lipinski definition) is 2. The summed E-state index contributed by atoms with van der Waals surface area (Å²) in [5.41, 5.74) is 2.62. The molecule has 7 heteroatoms. The quantitative estimate of drug-likeness (QED) is 0.891. The van der Waals surface area contributed by atoms with Crippen molar-refractivity contribution in [1.29, 1.82) is 0 Å². The van der Waals surface area contributed by atoms with Gasteiger partial charge in [-0.2, -0.15) is 5.10 Å². The van der Waals surface area contributed by atoms with Crippen molar-refractivity contribution in [3.63, 3.8) is 0 Å². The highest BCUT2D eigenvalue weighted by Crippen LogP contribution is 2.21. The van der Waals surface area contributed by atoms with Crippen molar-refractivity contribution in [3.8, 4) is 0 Å². The van der Waals surface area contributed by atoms with Gasteiger partial charge in [-0.05, 0) is 32.0 Å². The molecule has 5 nitrogen and oxygen atoms in total. The summed E-state index contributed by atoms with van der Waals surface area (Å²) in [7, 11) is 1.80. The van der Waals surface area contributed by atoms with Crippen LogP contribution in [0.3, 0.4) is 0 Å². The van der Waals surface area contributed by atoms with Crippen LogP contribution in [0.2, 0.25) is 5.02 Å². The molecule has 106 valence electrons. The Labute approximate surface area is 120 Å². The molecule has 0 aliphatic carbocycles. The van der Waals surface area contributed by atoms with E-state index < -0.39 is 11.8 Å². The average Bonchev–Trinajstić information content (AvgIpc) is 2.61. The zero-order valence-corrected chi connectivity index (χ0v) is 12.0. The highest BCUT2D eigenvalue weighted by Gasteiger charge is 2.12. The molecule has 0 unspecified atom stereocenters.